The highest BCUT2D eigenvalue weighted by Crippen LogP contribution is 2.03. The minimum absolute atomic E-state index is 0.150. The molecule has 9 N–H and O–H groups in total. The highest BCUT2D eigenvalue weighted by atomic mass is 32.2. The average molecular weight is 482 g/mol. The molecule has 4 amide bonds. The first-order valence-electron chi connectivity index (χ1n) is 8.92. The lowest BCUT2D eigenvalue weighted by Crippen LogP contribution is -2.58. The van der Waals surface area contributed by atoms with E-state index in [2.05, 4.69) is 28.6 Å². The van der Waals surface area contributed by atoms with E-state index in [4.69, 9.17) is 16.6 Å². The van der Waals surface area contributed by atoms with Crippen molar-refractivity contribution in [3.8, 4) is 0 Å². The zero-order valence-corrected chi connectivity index (χ0v) is 18.4. The van der Waals surface area contributed by atoms with E-state index >= 15 is 0 Å². The maximum Gasteiger partial charge on any atom is 0.326 e. The average Bonchev–Trinajstić information content (AvgIpc) is 2.66. The fraction of sp³-hybridized carbons (Fsp3) is 0.625. The van der Waals surface area contributed by atoms with Crippen molar-refractivity contribution in [2.75, 3.05) is 17.8 Å². The number of amides is 4. The fourth-order valence-electron chi connectivity index (χ4n) is 2.20. The summed E-state index contributed by atoms with van der Waals surface area (Å²) in [4.78, 5) is 70.1. The van der Waals surface area contributed by atoms with Crippen LogP contribution >= 0.6 is 24.4 Å². The second-order valence-electron chi connectivity index (χ2n) is 6.36. The Labute approximate surface area is 187 Å². The van der Waals surface area contributed by atoms with Crippen LogP contribution < -0.4 is 27.4 Å². The molecule has 0 rings (SSSR count). The van der Waals surface area contributed by atoms with Gasteiger partial charge in [-0.05, 0) is 18.4 Å². The zero-order valence-electron chi connectivity index (χ0n) is 16.7. The van der Waals surface area contributed by atoms with Crippen molar-refractivity contribution < 1.29 is 39.0 Å². The first-order chi connectivity index (χ1) is 14.4. The third-order valence-corrected chi connectivity index (χ3v) is 4.82. The lowest BCUT2D eigenvalue weighted by atomic mass is 10.1. The number of primary amides is 1. The van der Waals surface area contributed by atoms with Crippen molar-refractivity contribution in [1.29, 1.82) is 0 Å². The normalized spacial score (nSPS) is 14.4. The molecule has 0 aromatic carbocycles. The summed E-state index contributed by atoms with van der Waals surface area (Å²) in [6.45, 7) is 0. The third-order valence-electron chi connectivity index (χ3n) is 3.81. The molecule has 0 aliphatic heterocycles. The van der Waals surface area contributed by atoms with Crippen molar-refractivity contribution in [2.24, 2.45) is 11.5 Å². The van der Waals surface area contributed by atoms with Gasteiger partial charge in [0, 0.05) is 5.75 Å². The van der Waals surface area contributed by atoms with Crippen LogP contribution in [0.5, 0.6) is 0 Å². The van der Waals surface area contributed by atoms with E-state index in [1.807, 2.05) is 0 Å². The van der Waals surface area contributed by atoms with Crippen molar-refractivity contribution in [2.45, 2.75) is 43.4 Å². The van der Waals surface area contributed by atoms with Gasteiger partial charge in [-0.15, -0.1) is 0 Å². The predicted molar refractivity (Wildman–Crippen MR) is 114 cm³/mol. The molecule has 0 saturated carbocycles. The molecule has 13 nitrogen and oxygen atoms in total. The van der Waals surface area contributed by atoms with Crippen LogP contribution in [-0.4, -0.2) is 87.7 Å². The number of carboxylic acids is 2. The van der Waals surface area contributed by atoms with Crippen LogP contribution in [0.15, 0.2) is 0 Å². The second kappa shape index (κ2) is 14.5. The summed E-state index contributed by atoms with van der Waals surface area (Å²) in [5.41, 5.74) is 10.5. The van der Waals surface area contributed by atoms with E-state index in [1.54, 1.807) is 6.26 Å². The Hall–Kier alpha value is -2.52. The summed E-state index contributed by atoms with van der Waals surface area (Å²) in [6, 6.07) is -5.49. The summed E-state index contributed by atoms with van der Waals surface area (Å²) in [5.74, 6) is -6.14. The molecule has 4 unspecified atom stereocenters. The van der Waals surface area contributed by atoms with E-state index in [0.717, 1.165) is 0 Å². The van der Waals surface area contributed by atoms with Crippen LogP contribution in [0.4, 0.5) is 0 Å². The van der Waals surface area contributed by atoms with E-state index in [9.17, 15) is 33.9 Å². The highest BCUT2D eigenvalue weighted by Gasteiger charge is 2.30. The number of rotatable bonds is 15. The van der Waals surface area contributed by atoms with Crippen molar-refractivity contribution >= 4 is 60.0 Å². The van der Waals surface area contributed by atoms with Gasteiger partial charge in [0.1, 0.15) is 18.1 Å². The molecule has 176 valence electrons. The molecule has 0 aliphatic carbocycles. The summed E-state index contributed by atoms with van der Waals surface area (Å²) < 4.78 is 0. The van der Waals surface area contributed by atoms with Gasteiger partial charge in [-0.2, -0.15) is 24.4 Å². The van der Waals surface area contributed by atoms with Crippen LogP contribution in [0.3, 0.4) is 0 Å². The lowest BCUT2D eigenvalue weighted by molar-refractivity contribution is -0.142. The maximum atomic E-state index is 12.5. The molecule has 4 atom stereocenters. The van der Waals surface area contributed by atoms with E-state index in [0.29, 0.717) is 5.75 Å². The van der Waals surface area contributed by atoms with Crippen LogP contribution in [0.2, 0.25) is 0 Å². The molecule has 0 radical (unpaired) electrons. The summed E-state index contributed by atoms with van der Waals surface area (Å²) in [6.07, 6.45) is 0.555. The number of hydrogen-bond donors (Lipinski definition) is 8. The third kappa shape index (κ3) is 11.4. The van der Waals surface area contributed by atoms with Crippen molar-refractivity contribution in [1.82, 2.24) is 16.0 Å². The number of hydrogen-bond acceptors (Lipinski definition) is 9. The van der Waals surface area contributed by atoms with Gasteiger partial charge in [0.05, 0.1) is 18.9 Å². The van der Waals surface area contributed by atoms with E-state index in [-0.39, 0.29) is 12.2 Å². The molecule has 0 aromatic rings. The largest absolute Gasteiger partial charge is 0.481 e. The molecule has 0 aromatic heterocycles. The smallest absolute Gasteiger partial charge is 0.326 e. The molecule has 0 saturated heterocycles. The molecule has 0 heterocycles. The first kappa shape index (κ1) is 28.5. The number of thiol groups is 1. The molecule has 0 spiro atoms. The Morgan fingerprint density at radius 3 is 1.87 bits per heavy atom. The van der Waals surface area contributed by atoms with Crippen LogP contribution in [0.1, 0.15) is 19.3 Å². The van der Waals surface area contributed by atoms with E-state index < -0.39 is 72.6 Å². The number of nitrogens with one attached hydrogen (secondary N) is 3. The summed E-state index contributed by atoms with van der Waals surface area (Å²) >= 11 is 5.35. The summed E-state index contributed by atoms with van der Waals surface area (Å²) in [5, 5.41) is 24.5. The number of carboxylic acid groups (broad SMARTS) is 2. The van der Waals surface area contributed by atoms with Gasteiger partial charge >= 0.3 is 11.9 Å². The monoisotopic (exact) mass is 481 g/mol. The molecule has 0 fully saturated rings. The summed E-state index contributed by atoms with van der Waals surface area (Å²) in [7, 11) is 0. The molecular formula is C16H27N5O8S2. The number of thioether (sulfide) groups is 1. The second-order valence-corrected chi connectivity index (χ2v) is 7.71. The van der Waals surface area contributed by atoms with E-state index in [1.165, 1.54) is 11.8 Å². The standard InChI is InChI=1S/C16H27N5O8S2/c1-31-3-2-8(16(28)29)19-15(27)10(6-30)21-14(26)9(5-11(18)22)20-13(25)7(17)4-12(23)24/h7-10,30H,2-6,17H2,1H3,(H2,18,22)(H,19,27)(H,20,25)(H,21,26)(H,23,24)(H,28,29). The zero-order chi connectivity index (χ0) is 24.1. The Balaban J connectivity index is 5.23. The van der Waals surface area contributed by atoms with Gasteiger partial charge in [0.15, 0.2) is 0 Å². The molecule has 0 bridgehead atoms. The van der Waals surface area contributed by atoms with Crippen LogP contribution in [-0.2, 0) is 28.8 Å². The maximum absolute atomic E-state index is 12.5. The van der Waals surface area contributed by atoms with Gasteiger partial charge < -0.3 is 37.6 Å². The fourth-order valence-corrected chi connectivity index (χ4v) is 2.93. The Bertz CT molecular complexity index is 693. The minimum atomic E-state index is -1.54. The number of aliphatic carboxylic acids is 2. The Kier molecular flexibility index (Phi) is 13.3. The first-order valence-corrected chi connectivity index (χ1v) is 10.9. The number of nitrogens with two attached hydrogens (primary N) is 2. The van der Waals surface area contributed by atoms with Gasteiger partial charge in [-0.3, -0.25) is 24.0 Å². The highest BCUT2D eigenvalue weighted by molar-refractivity contribution is 7.98. The van der Waals surface area contributed by atoms with Crippen molar-refractivity contribution in [3.05, 3.63) is 0 Å². The van der Waals surface area contributed by atoms with Gasteiger partial charge in [-0.25, -0.2) is 4.79 Å². The topological polar surface area (TPSA) is 231 Å². The molecular weight excluding hydrogens is 454 g/mol. The van der Waals surface area contributed by atoms with Crippen LogP contribution in [0, 0.1) is 0 Å². The predicted octanol–water partition coefficient (Wildman–Crippen LogP) is -3.11. The Morgan fingerprint density at radius 2 is 1.42 bits per heavy atom. The van der Waals surface area contributed by atoms with Crippen LogP contribution in [0.25, 0.3) is 0 Å². The number of carbonyl (C=O) groups is 6. The number of carbonyl (C=O) groups excluding carboxylic acids is 4. The van der Waals surface area contributed by atoms with Gasteiger partial charge in [0.2, 0.25) is 23.6 Å². The van der Waals surface area contributed by atoms with Gasteiger partial charge in [0.25, 0.3) is 0 Å². The van der Waals surface area contributed by atoms with Gasteiger partial charge in [-0.1, -0.05) is 0 Å². The SMILES string of the molecule is CSCCC(NC(=O)C(CS)NC(=O)C(CC(N)=O)NC(=O)C(N)CC(=O)O)C(=O)O. The molecule has 15 heteroatoms. The lowest BCUT2D eigenvalue weighted by Gasteiger charge is -2.23. The molecule has 31 heavy (non-hydrogen) atoms. The Morgan fingerprint density at radius 1 is 0.903 bits per heavy atom. The molecule has 0 aliphatic rings. The minimum Gasteiger partial charge on any atom is -0.481 e. The van der Waals surface area contributed by atoms with Crippen molar-refractivity contribution in [3.63, 3.8) is 0 Å². The quantitative estimate of drug-likeness (QED) is 0.110.